The van der Waals surface area contributed by atoms with Gasteiger partial charge in [0.1, 0.15) is 5.15 Å². The molecule has 0 spiro atoms. The zero-order valence-corrected chi connectivity index (χ0v) is 9.28. The molecule has 0 aromatic carbocycles. The summed E-state index contributed by atoms with van der Waals surface area (Å²) in [5, 5.41) is 2.46. The highest BCUT2D eigenvalue weighted by Gasteiger charge is 2.12. The highest BCUT2D eigenvalue weighted by Crippen LogP contribution is 2.16. The van der Waals surface area contributed by atoms with Crippen molar-refractivity contribution in [3.63, 3.8) is 0 Å². The van der Waals surface area contributed by atoms with Gasteiger partial charge in [0.15, 0.2) is 5.82 Å². The van der Waals surface area contributed by atoms with Crippen molar-refractivity contribution >= 4 is 23.2 Å². The number of carbonyl (C=O) groups excluding carboxylic acids is 1. The van der Waals surface area contributed by atoms with Gasteiger partial charge < -0.3 is 5.32 Å². The number of carbonyl (C=O) groups is 1. The summed E-state index contributed by atoms with van der Waals surface area (Å²) in [5.74, 6) is -1.13. The maximum atomic E-state index is 13.2. The number of hydrogen-bond acceptors (Lipinski definition) is 3. The van der Waals surface area contributed by atoms with Gasteiger partial charge in [-0.15, -0.1) is 0 Å². The lowest BCUT2D eigenvalue weighted by molar-refractivity contribution is 0.102. The molecule has 17 heavy (non-hydrogen) atoms. The molecule has 2 heterocycles. The normalized spacial score (nSPS) is 10.0. The minimum atomic E-state index is -0.610. The van der Waals surface area contributed by atoms with Crippen LogP contribution in [-0.2, 0) is 0 Å². The van der Waals surface area contributed by atoms with Crippen LogP contribution in [0.5, 0.6) is 0 Å². The first-order valence-corrected chi connectivity index (χ1v) is 5.07. The molecule has 2 aromatic rings. The van der Waals surface area contributed by atoms with Gasteiger partial charge in [0.25, 0.3) is 5.91 Å². The third kappa shape index (κ3) is 2.57. The number of halogens is 2. The Morgan fingerprint density at radius 3 is 2.88 bits per heavy atom. The van der Waals surface area contributed by atoms with E-state index in [1.807, 2.05) is 0 Å². The van der Waals surface area contributed by atoms with E-state index in [1.165, 1.54) is 24.5 Å². The Kier molecular flexibility index (Phi) is 3.30. The quantitative estimate of drug-likeness (QED) is 0.835. The predicted molar refractivity (Wildman–Crippen MR) is 61.4 cm³/mol. The summed E-state index contributed by atoms with van der Waals surface area (Å²) in [7, 11) is 0. The Hall–Kier alpha value is -2.01. The Morgan fingerprint density at radius 2 is 2.18 bits per heavy atom. The number of hydrogen-bond donors (Lipinski definition) is 1. The highest BCUT2D eigenvalue weighted by molar-refractivity contribution is 6.33. The Bertz CT molecular complexity index is 562. The summed E-state index contributed by atoms with van der Waals surface area (Å²) in [6.07, 6.45) is 3.86. The van der Waals surface area contributed by atoms with Crippen LogP contribution in [0.4, 0.5) is 10.1 Å². The van der Waals surface area contributed by atoms with E-state index in [0.717, 1.165) is 6.20 Å². The summed E-state index contributed by atoms with van der Waals surface area (Å²) in [6, 6.07) is 4.44. The van der Waals surface area contributed by atoms with E-state index in [-0.39, 0.29) is 16.4 Å². The second kappa shape index (κ2) is 4.88. The summed E-state index contributed by atoms with van der Waals surface area (Å²) in [5.41, 5.74) is 0.232. The van der Waals surface area contributed by atoms with E-state index < -0.39 is 11.7 Å². The molecule has 0 fully saturated rings. The monoisotopic (exact) mass is 251 g/mol. The smallest absolute Gasteiger partial charge is 0.258 e. The molecule has 0 aliphatic rings. The summed E-state index contributed by atoms with van der Waals surface area (Å²) < 4.78 is 13.2. The van der Waals surface area contributed by atoms with Gasteiger partial charge in [-0.25, -0.2) is 9.37 Å². The topological polar surface area (TPSA) is 54.9 Å². The fraction of sp³-hybridized carbons (Fsp3) is 0. The fourth-order valence-electron chi connectivity index (χ4n) is 1.22. The van der Waals surface area contributed by atoms with Gasteiger partial charge in [0.2, 0.25) is 0 Å². The summed E-state index contributed by atoms with van der Waals surface area (Å²) in [6.45, 7) is 0. The zero-order valence-electron chi connectivity index (χ0n) is 8.52. The molecular formula is C11H7ClFN3O. The van der Waals surface area contributed by atoms with E-state index in [0.29, 0.717) is 0 Å². The number of amides is 1. The number of pyridine rings is 2. The third-order valence-electron chi connectivity index (χ3n) is 2.02. The average molecular weight is 252 g/mol. The van der Waals surface area contributed by atoms with Gasteiger partial charge in [0, 0.05) is 12.4 Å². The lowest BCUT2D eigenvalue weighted by atomic mass is 10.2. The molecule has 0 bridgehead atoms. The van der Waals surface area contributed by atoms with Crippen molar-refractivity contribution in [2.75, 3.05) is 5.32 Å². The number of anilines is 1. The summed E-state index contributed by atoms with van der Waals surface area (Å²) >= 11 is 5.75. The first-order chi connectivity index (χ1) is 8.18. The molecule has 86 valence electrons. The third-order valence-corrected chi connectivity index (χ3v) is 2.33. The van der Waals surface area contributed by atoms with Gasteiger partial charge in [-0.1, -0.05) is 11.6 Å². The van der Waals surface area contributed by atoms with Gasteiger partial charge >= 0.3 is 0 Å². The second-order valence-electron chi connectivity index (χ2n) is 3.15. The zero-order chi connectivity index (χ0) is 12.3. The van der Waals surface area contributed by atoms with Crippen LogP contribution in [0, 0.1) is 5.82 Å². The van der Waals surface area contributed by atoms with Crippen LogP contribution < -0.4 is 5.32 Å². The number of aromatic nitrogens is 2. The molecule has 0 saturated carbocycles. The van der Waals surface area contributed by atoms with Crippen LogP contribution in [-0.4, -0.2) is 15.9 Å². The predicted octanol–water partition coefficient (Wildman–Crippen LogP) is 2.52. The molecule has 4 nitrogen and oxygen atoms in total. The van der Waals surface area contributed by atoms with E-state index in [1.54, 1.807) is 6.07 Å². The van der Waals surface area contributed by atoms with Gasteiger partial charge in [-0.3, -0.25) is 9.78 Å². The lowest BCUT2D eigenvalue weighted by Crippen LogP contribution is -2.14. The Balaban J connectivity index is 2.24. The molecule has 0 saturated heterocycles. The van der Waals surface area contributed by atoms with E-state index in [2.05, 4.69) is 15.3 Å². The molecule has 0 aliphatic heterocycles. The molecule has 2 aromatic heterocycles. The number of nitrogens with zero attached hydrogens (tertiary/aromatic N) is 2. The molecule has 0 aliphatic carbocycles. The van der Waals surface area contributed by atoms with E-state index >= 15 is 0 Å². The molecular weight excluding hydrogens is 245 g/mol. The van der Waals surface area contributed by atoms with Crippen molar-refractivity contribution < 1.29 is 9.18 Å². The van der Waals surface area contributed by atoms with Crippen LogP contribution in [0.1, 0.15) is 10.4 Å². The first kappa shape index (κ1) is 11.5. The average Bonchev–Trinajstić information content (AvgIpc) is 2.32. The minimum absolute atomic E-state index is 0.0462. The molecule has 1 amide bonds. The molecule has 1 N–H and O–H groups in total. The van der Waals surface area contributed by atoms with Gasteiger partial charge in [-0.2, -0.15) is 0 Å². The minimum Gasteiger partial charge on any atom is -0.319 e. The lowest BCUT2D eigenvalue weighted by Gasteiger charge is -2.06. The number of nitrogens with one attached hydrogen (secondary N) is 1. The van der Waals surface area contributed by atoms with Crippen molar-refractivity contribution in [1.82, 2.24) is 9.97 Å². The largest absolute Gasteiger partial charge is 0.319 e. The first-order valence-electron chi connectivity index (χ1n) is 4.70. The second-order valence-corrected chi connectivity index (χ2v) is 3.51. The van der Waals surface area contributed by atoms with Crippen LogP contribution in [0.15, 0.2) is 36.8 Å². The fourth-order valence-corrected chi connectivity index (χ4v) is 1.43. The van der Waals surface area contributed by atoms with Crippen molar-refractivity contribution in [3.8, 4) is 0 Å². The molecule has 0 radical (unpaired) electrons. The Labute approximate surface area is 101 Å². The highest BCUT2D eigenvalue weighted by atomic mass is 35.5. The van der Waals surface area contributed by atoms with Crippen LogP contribution in [0.3, 0.4) is 0 Å². The molecule has 0 atom stereocenters. The van der Waals surface area contributed by atoms with Gasteiger partial charge in [0.05, 0.1) is 17.4 Å². The van der Waals surface area contributed by atoms with Gasteiger partial charge in [-0.05, 0) is 18.2 Å². The standard InChI is InChI=1S/C11H7ClFN3O/c12-10-7(2-1-4-15-10)11(17)16-9-3-5-14-6-8(9)13/h1-6H,(H,14,16,17). The van der Waals surface area contributed by atoms with E-state index in [4.69, 9.17) is 11.6 Å². The summed E-state index contributed by atoms with van der Waals surface area (Å²) in [4.78, 5) is 19.1. The number of rotatable bonds is 2. The van der Waals surface area contributed by atoms with Crippen LogP contribution in [0.25, 0.3) is 0 Å². The maximum Gasteiger partial charge on any atom is 0.258 e. The van der Waals surface area contributed by atoms with Crippen LogP contribution in [0.2, 0.25) is 5.15 Å². The SMILES string of the molecule is O=C(Nc1ccncc1F)c1cccnc1Cl. The van der Waals surface area contributed by atoms with E-state index in [9.17, 15) is 9.18 Å². The van der Waals surface area contributed by atoms with Crippen molar-refractivity contribution in [3.05, 3.63) is 53.3 Å². The van der Waals surface area contributed by atoms with Crippen molar-refractivity contribution in [2.45, 2.75) is 0 Å². The molecule has 0 unspecified atom stereocenters. The molecule has 2 rings (SSSR count). The van der Waals surface area contributed by atoms with Crippen molar-refractivity contribution in [2.24, 2.45) is 0 Å². The molecule has 6 heteroatoms. The Morgan fingerprint density at radius 1 is 1.35 bits per heavy atom. The maximum absolute atomic E-state index is 13.2. The van der Waals surface area contributed by atoms with Crippen molar-refractivity contribution in [1.29, 1.82) is 0 Å². The van der Waals surface area contributed by atoms with Crippen LogP contribution >= 0.6 is 11.6 Å².